The molecule has 0 saturated carbocycles. The highest BCUT2D eigenvalue weighted by Crippen LogP contribution is 2.32. The summed E-state index contributed by atoms with van der Waals surface area (Å²) >= 11 is 8.48. The van der Waals surface area contributed by atoms with Gasteiger partial charge in [0.15, 0.2) is 5.16 Å². The van der Waals surface area contributed by atoms with Crippen LogP contribution in [0.2, 0.25) is 5.02 Å². The first-order valence-electron chi connectivity index (χ1n) is 7.23. The molecule has 0 aliphatic carbocycles. The zero-order chi connectivity index (χ0) is 17.3. The van der Waals surface area contributed by atoms with Crippen LogP contribution in [0.3, 0.4) is 0 Å². The van der Waals surface area contributed by atoms with E-state index in [1.807, 2.05) is 24.4 Å². The SMILES string of the molecule is CCC(Sc1nc2scc(-c3ccc(Cl)cc3)c2c(=O)[nH]1)C(N)=O. The van der Waals surface area contributed by atoms with Crippen LogP contribution < -0.4 is 11.3 Å². The summed E-state index contributed by atoms with van der Waals surface area (Å²) in [6.45, 7) is 1.86. The molecule has 0 aliphatic rings. The van der Waals surface area contributed by atoms with Crippen molar-refractivity contribution in [3.8, 4) is 11.1 Å². The second-order valence-electron chi connectivity index (χ2n) is 5.12. The first kappa shape index (κ1) is 17.0. The van der Waals surface area contributed by atoms with Gasteiger partial charge in [0.1, 0.15) is 4.83 Å². The third-order valence-electron chi connectivity index (χ3n) is 3.52. The standard InChI is InChI=1S/C16H14ClN3O2S2/c1-2-11(13(18)21)24-16-19-14(22)12-10(7-23-15(12)20-16)8-3-5-9(17)6-4-8/h3-7,11H,2H2,1H3,(H2,18,21)(H,19,20,22). The molecule has 1 unspecified atom stereocenters. The maximum absolute atomic E-state index is 12.5. The smallest absolute Gasteiger partial charge is 0.260 e. The fraction of sp³-hybridized carbons (Fsp3) is 0.188. The lowest BCUT2D eigenvalue weighted by atomic mass is 10.1. The molecule has 0 radical (unpaired) electrons. The fourth-order valence-corrected chi connectivity index (χ4v) is 4.28. The fourth-order valence-electron chi connectivity index (χ4n) is 2.30. The average molecular weight is 380 g/mol. The van der Waals surface area contributed by atoms with E-state index >= 15 is 0 Å². The summed E-state index contributed by atoms with van der Waals surface area (Å²) in [7, 11) is 0. The molecule has 24 heavy (non-hydrogen) atoms. The van der Waals surface area contributed by atoms with Gasteiger partial charge in [0, 0.05) is 16.0 Å². The third-order valence-corrected chi connectivity index (χ3v) is 5.91. The number of fused-ring (bicyclic) bond motifs is 1. The summed E-state index contributed by atoms with van der Waals surface area (Å²) in [6.07, 6.45) is 0.572. The predicted molar refractivity (Wildman–Crippen MR) is 99.8 cm³/mol. The highest BCUT2D eigenvalue weighted by Gasteiger charge is 2.18. The molecule has 0 saturated heterocycles. The molecule has 3 aromatic rings. The number of carbonyl (C=O) groups excluding carboxylic acids is 1. The number of carbonyl (C=O) groups is 1. The number of nitrogens with two attached hydrogens (primary N) is 1. The Kier molecular flexibility index (Phi) is 4.93. The van der Waals surface area contributed by atoms with Crippen LogP contribution in [-0.2, 0) is 4.79 Å². The van der Waals surface area contributed by atoms with Gasteiger partial charge in [-0.25, -0.2) is 4.98 Å². The molecular formula is C16H14ClN3O2S2. The number of aromatic nitrogens is 2. The molecule has 1 amide bonds. The molecule has 3 rings (SSSR count). The minimum Gasteiger partial charge on any atom is -0.369 e. The van der Waals surface area contributed by atoms with Gasteiger partial charge in [-0.15, -0.1) is 11.3 Å². The Morgan fingerprint density at radius 1 is 1.42 bits per heavy atom. The Hall–Kier alpha value is -1.83. The normalized spacial score (nSPS) is 12.4. The summed E-state index contributed by atoms with van der Waals surface area (Å²) < 4.78 is 0. The maximum atomic E-state index is 12.5. The molecule has 1 aromatic carbocycles. The van der Waals surface area contributed by atoms with E-state index in [-0.39, 0.29) is 5.56 Å². The van der Waals surface area contributed by atoms with Crippen LogP contribution in [-0.4, -0.2) is 21.1 Å². The van der Waals surface area contributed by atoms with Crippen LogP contribution in [0.25, 0.3) is 21.3 Å². The number of halogens is 1. The van der Waals surface area contributed by atoms with Crippen molar-refractivity contribution < 1.29 is 4.79 Å². The van der Waals surface area contributed by atoms with Crippen LogP contribution in [0.4, 0.5) is 0 Å². The topological polar surface area (TPSA) is 88.8 Å². The van der Waals surface area contributed by atoms with Crippen molar-refractivity contribution in [1.29, 1.82) is 0 Å². The molecular weight excluding hydrogens is 366 g/mol. The highest BCUT2D eigenvalue weighted by atomic mass is 35.5. The van der Waals surface area contributed by atoms with Crippen LogP contribution in [0.5, 0.6) is 0 Å². The molecule has 3 N–H and O–H groups in total. The van der Waals surface area contributed by atoms with Crippen molar-refractivity contribution in [2.24, 2.45) is 5.73 Å². The number of amides is 1. The van der Waals surface area contributed by atoms with Gasteiger partial charge < -0.3 is 10.7 Å². The lowest BCUT2D eigenvalue weighted by molar-refractivity contribution is -0.117. The van der Waals surface area contributed by atoms with Crippen LogP contribution in [0.15, 0.2) is 39.6 Å². The van der Waals surface area contributed by atoms with Crippen LogP contribution >= 0.6 is 34.7 Å². The van der Waals surface area contributed by atoms with Gasteiger partial charge in [-0.2, -0.15) is 0 Å². The van der Waals surface area contributed by atoms with Crippen molar-refractivity contribution >= 4 is 50.8 Å². The van der Waals surface area contributed by atoms with Crippen LogP contribution in [0.1, 0.15) is 13.3 Å². The van der Waals surface area contributed by atoms with E-state index in [2.05, 4.69) is 9.97 Å². The number of thiophene rings is 1. The van der Waals surface area contributed by atoms with E-state index in [1.165, 1.54) is 23.1 Å². The number of aromatic amines is 1. The van der Waals surface area contributed by atoms with Crippen LogP contribution in [0, 0.1) is 0 Å². The van der Waals surface area contributed by atoms with E-state index in [9.17, 15) is 9.59 Å². The molecule has 2 heterocycles. The quantitative estimate of drug-likeness (QED) is 0.523. The third kappa shape index (κ3) is 3.33. The van der Waals surface area contributed by atoms with Crippen molar-refractivity contribution in [2.45, 2.75) is 23.8 Å². The van der Waals surface area contributed by atoms with Crippen molar-refractivity contribution in [1.82, 2.24) is 9.97 Å². The second kappa shape index (κ2) is 6.96. The summed E-state index contributed by atoms with van der Waals surface area (Å²) in [5.41, 5.74) is 6.84. The minimum absolute atomic E-state index is 0.229. The van der Waals surface area contributed by atoms with Gasteiger partial charge in [0.2, 0.25) is 5.91 Å². The maximum Gasteiger partial charge on any atom is 0.260 e. The summed E-state index contributed by atoms with van der Waals surface area (Å²) in [6, 6.07) is 7.30. The van der Waals surface area contributed by atoms with Gasteiger partial charge >= 0.3 is 0 Å². The molecule has 0 spiro atoms. The number of H-pyrrole nitrogens is 1. The molecule has 2 aromatic heterocycles. The Labute approximate surface area is 151 Å². The number of nitrogens with zero attached hydrogens (tertiary/aromatic N) is 1. The molecule has 0 bridgehead atoms. The van der Waals surface area contributed by atoms with Crippen molar-refractivity contribution in [3.63, 3.8) is 0 Å². The Balaban J connectivity index is 2.04. The Morgan fingerprint density at radius 2 is 2.12 bits per heavy atom. The molecule has 8 heteroatoms. The van der Waals surface area contributed by atoms with Crippen molar-refractivity contribution in [3.05, 3.63) is 45.0 Å². The lowest BCUT2D eigenvalue weighted by Crippen LogP contribution is -2.25. The minimum atomic E-state index is -0.418. The highest BCUT2D eigenvalue weighted by molar-refractivity contribution is 8.00. The van der Waals surface area contributed by atoms with Gasteiger partial charge in [-0.05, 0) is 24.1 Å². The average Bonchev–Trinajstić information content (AvgIpc) is 2.97. The zero-order valence-electron chi connectivity index (χ0n) is 12.7. The number of primary amides is 1. The van der Waals surface area contributed by atoms with Gasteiger partial charge in [-0.3, -0.25) is 9.59 Å². The monoisotopic (exact) mass is 379 g/mol. The molecule has 1 atom stereocenters. The first-order valence-corrected chi connectivity index (χ1v) is 9.36. The van der Waals surface area contributed by atoms with E-state index in [1.54, 1.807) is 12.1 Å². The van der Waals surface area contributed by atoms with E-state index in [0.717, 1.165) is 11.1 Å². The number of benzene rings is 1. The lowest BCUT2D eigenvalue weighted by Gasteiger charge is -2.09. The van der Waals surface area contributed by atoms with Gasteiger partial charge in [0.05, 0.1) is 10.6 Å². The molecule has 5 nitrogen and oxygen atoms in total. The number of thioether (sulfide) groups is 1. The van der Waals surface area contributed by atoms with Gasteiger partial charge in [-0.1, -0.05) is 42.4 Å². The van der Waals surface area contributed by atoms with E-state index < -0.39 is 11.2 Å². The molecule has 0 aliphatic heterocycles. The van der Waals surface area contributed by atoms with E-state index in [0.29, 0.717) is 26.8 Å². The molecule has 0 fully saturated rings. The Morgan fingerprint density at radius 3 is 2.75 bits per heavy atom. The number of hydrogen-bond acceptors (Lipinski definition) is 5. The number of rotatable bonds is 5. The second-order valence-corrected chi connectivity index (χ2v) is 7.61. The largest absolute Gasteiger partial charge is 0.369 e. The Bertz CT molecular complexity index is 950. The van der Waals surface area contributed by atoms with Gasteiger partial charge in [0.25, 0.3) is 5.56 Å². The predicted octanol–water partition coefficient (Wildman–Crippen LogP) is 3.66. The molecule has 124 valence electrons. The first-order chi connectivity index (χ1) is 11.5. The van der Waals surface area contributed by atoms with Crippen molar-refractivity contribution in [2.75, 3.05) is 0 Å². The number of hydrogen-bond donors (Lipinski definition) is 2. The summed E-state index contributed by atoms with van der Waals surface area (Å²) in [5.74, 6) is -0.418. The van der Waals surface area contributed by atoms with E-state index in [4.69, 9.17) is 17.3 Å². The summed E-state index contributed by atoms with van der Waals surface area (Å²) in [4.78, 5) is 31.7. The zero-order valence-corrected chi connectivity index (χ0v) is 15.1. The summed E-state index contributed by atoms with van der Waals surface area (Å²) in [5, 5.41) is 3.07. The number of nitrogens with one attached hydrogen (secondary N) is 1.